The molecule has 0 radical (unpaired) electrons. The van der Waals surface area contributed by atoms with E-state index in [-0.39, 0.29) is 29.9 Å². The minimum absolute atomic E-state index is 0. The predicted octanol–water partition coefficient (Wildman–Crippen LogP) is 1.80. The average molecular weight is 416 g/mol. The number of carbonyl (C=O) groups excluding carboxylic acids is 1. The van der Waals surface area contributed by atoms with Crippen molar-refractivity contribution in [3.8, 4) is 0 Å². The van der Waals surface area contributed by atoms with Crippen LogP contribution < -0.4 is 10.6 Å². The molecule has 0 atom stereocenters. The Labute approximate surface area is 147 Å². The number of halogens is 1. The van der Waals surface area contributed by atoms with Gasteiger partial charge >= 0.3 is 5.97 Å². The molecule has 1 aromatic rings. The summed E-state index contributed by atoms with van der Waals surface area (Å²) in [7, 11) is 1.40. The number of ether oxygens (including phenoxy) is 1. The fourth-order valence-corrected chi connectivity index (χ4v) is 2.39. The SMILES string of the molecule is COC(=O)c1ccc(CNC2=NCCCN2)nc1C1CC1.I. The van der Waals surface area contributed by atoms with Crippen LogP contribution in [0.3, 0.4) is 0 Å². The lowest BCUT2D eigenvalue weighted by atomic mass is 10.1. The number of hydrogen-bond acceptors (Lipinski definition) is 6. The van der Waals surface area contributed by atoms with Gasteiger partial charge in [-0.05, 0) is 31.4 Å². The summed E-state index contributed by atoms with van der Waals surface area (Å²) in [6.07, 6.45) is 3.27. The number of rotatable bonds is 4. The second-order valence-electron chi connectivity index (χ2n) is 5.37. The van der Waals surface area contributed by atoms with E-state index in [1.54, 1.807) is 0 Å². The number of guanidine groups is 1. The second kappa shape index (κ2) is 7.75. The molecule has 0 saturated heterocycles. The standard InChI is InChI=1S/C15H20N4O2.HI/c1-21-14(20)12-6-5-11(19-13(12)10-3-4-10)9-18-15-16-7-2-8-17-15;/h5-6,10H,2-4,7-9H2,1H3,(H2,16,17,18);1H. The Morgan fingerprint density at radius 3 is 2.91 bits per heavy atom. The first-order chi connectivity index (χ1) is 10.3. The molecule has 0 unspecified atom stereocenters. The van der Waals surface area contributed by atoms with Gasteiger partial charge in [0, 0.05) is 19.0 Å². The summed E-state index contributed by atoms with van der Waals surface area (Å²) in [6.45, 7) is 2.41. The lowest BCUT2D eigenvalue weighted by Crippen LogP contribution is -2.40. The first-order valence-corrected chi connectivity index (χ1v) is 7.38. The highest BCUT2D eigenvalue weighted by molar-refractivity contribution is 14.0. The Balaban J connectivity index is 0.00000176. The highest BCUT2D eigenvalue weighted by Crippen LogP contribution is 2.40. The smallest absolute Gasteiger partial charge is 0.339 e. The van der Waals surface area contributed by atoms with Crippen LogP contribution in [0.1, 0.15) is 46.9 Å². The predicted molar refractivity (Wildman–Crippen MR) is 94.7 cm³/mol. The summed E-state index contributed by atoms with van der Waals surface area (Å²) >= 11 is 0. The first kappa shape index (κ1) is 17.0. The Morgan fingerprint density at radius 1 is 1.45 bits per heavy atom. The van der Waals surface area contributed by atoms with Gasteiger partial charge in [0.2, 0.25) is 0 Å². The Hall–Kier alpha value is -1.38. The van der Waals surface area contributed by atoms with Gasteiger partial charge in [-0.1, -0.05) is 0 Å². The highest BCUT2D eigenvalue weighted by Gasteiger charge is 2.30. The van der Waals surface area contributed by atoms with Crippen molar-refractivity contribution in [2.45, 2.75) is 31.7 Å². The molecule has 120 valence electrons. The molecule has 1 aromatic heterocycles. The Bertz CT molecular complexity index is 573. The first-order valence-electron chi connectivity index (χ1n) is 7.38. The van der Waals surface area contributed by atoms with Crippen LogP contribution in [-0.4, -0.2) is 37.1 Å². The van der Waals surface area contributed by atoms with Gasteiger partial charge in [0.1, 0.15) is 0 Å². The van der Waals surface area contributed by atoms with Gasteiger partial charge < -0.3 is 15.4 Å². The zero-order chi connectivity index (χ0) is 14.7. The number of aliphatic imine (C=N–C) groups is 1. The van der Waals surface area contributed by atoms with E-state index in [2.05, 4.69) is 20.6 Å². The molecule has 0 bridgehead atoms. The molecule has 3 rings (SSSR count). The zero-order valence-electron chi connectivity index (χ0n) is 12.6. The number of esters is 1. The maximum atomic E-state index is 11.8. The molecule has 2 aliphatic rings. The summed E-state index contributed by atoms with van der Waals surface area (Å²) in [5, 5.41) is 6.46. The van der Waals surface area contributed by atoms with Crippen molar-refractivity contribution in [1.82, 2.24) is 15.6 Å². The van der Waals surface area contributed by atoms with Crippen molar-refractivity contribution in [3.63, 3.8) is 0 Å². The van der Waals surface area contributed by atoms with Gasteiger partial charge in [-0.2, -0.15) is 0 Å². The van der Waals surface area contributed by atoms with Crippen LogP contribution in [0.25, 0.3) is 0 Å². The van der Waals surface area contributed by atoms with Crippen LogP contribution in [0.15, 0.2) is 17.1 Å². The summed E-state index contributed by atoms with van der Waals surface area (Å²) in [6, 6.07) is 3.69. The van der Waals surface area contributed by atoms with E-state index in [0.717, 1.165) is 49.7 Å². The summed E-state index contributed by atoms with van der Waals surface area (Å²) < 4.78 is 4.83. The quantitative estimate of drug-likeness (QED) is 0.579. The van der Waals surface area contributed by atoms with Crippen molar-refractivity contribution < 1.29 is 9.53 Å². The monoisotopic (exact) mass is 416 g/mol. The van der Waals surface area contributed by atoms with Crippen molar-refractivity contribution in [1.29, 1.82) is 0 Å². The fraction of sp³-hybridized carbons (Fsp3) is 0.533. The topological polar surface area (TPSA) is 75.6 Å². The molecule has 0 aromatic carbocycles. The molecule has 1 fully saturated rings. The van der Waals surface area contributed by atoms with Crippen LogP contribution >= 0.6 is 24.0 Å². The molecule has 2 N–H and O–H groups in total. The largest absolute Gasteiger partial charge is 0.465 e. The normalized spacial score (nSPS) is 16.9. The molecule has 2 heterocycles. The number of hydrogen-bond donors (Lipinski definition) is 2. The molecule has 0 spiro atoms. The number of carbonyl (C=O) groups is 1. The number of methoxy groups -OCH3 is 1. The van der Waals surface area contributed by atoms with Gasteiger partial charge in [0.15, 0.2) is 5.96 Å². The molecular formula is C15H21IN4O2. The third-order valence-electron chi connectivity index (χ3n) is 3.69. The van der Waals surface area contributed by atoms with E-state index >= 15 is 0 Å². The van der Waals surface area contributed by atoms with Crippen molar-refractivity contribution >= 4 is 35.9 Å². The van der Waals surface area contributed by atoms with Crippen LogP contribution in [0.4, 0.5) is 0 Å². The van der Waals surface area contributed by atoms with Gasteiger partial charge in [-0.25, -0.2) is 4.79 Å². The average Bonchev–Trinajstić information content (AvgIpc) is 3.38. The third kappa shape index (κ3) is 4.08. The van der Waals surface area contributed by atoms with Crippen LogP contribution in [0.2, 0.25) is 0 Å². The third-order valence-corrected chi connectivity index (χ3v) is 3.69. The van der Waals surface area contributed by atoms with E-state index in [0.29, 0.717) is 18.0 Å². The molecule has 22 heavy (non-hydrogen) atoms. The molecule has 1 saturated carbocycles. The van der Waals surface area contributed by atoms with E-state index in [9.17, 15) is 4.79 Å². The van der Waals surface area contributed by atoms with Crippen molar-refractivity contribution in [2.24, 2.45) is 4.99 Å². The van der Waals surface area contributed by atoms with Gasteiger partial charge in [-0.15, -0.1) is 24.0 Å². The van der Waals surface area contributed by atoms with Gasteiger partial charge in [-0.3, -0.25) is 9.98 Å². The molecule has 1 aliphatic carbocycles. The van der Waals surface area contributed by atoms with E-state index in [4.69, 9.17) is 4.74 Å². The van der Waals surface area contributed by atoms with Crippen LogP contribution in [-0.2, 0) is 11.3 Å². The Morgan fingerprint density at radius 2 is 2.27 bits per heavy atom. The van der Waals surface area contributed by atoms with E-state index in [1.165, 1.54) is 7.11 Å². The summed E-state index contributed by atoms with van der Waals surface area (Å²) in [5.74, 6) is 0.930. The molecule has 6 nitrogen and oxygen atoms in total. The molecular weight excluding hydrogens is 395 g/mol. The number of nitrogens with zero attached hydrogens (tertiary/aromatic N) is 2. The second-order valence-corrected chi connectivity index (χ2v) is 5.37. The molecule has 1 aliphatic heterocycles. The highest BCUT2D eigenvalue weighted by atomic mass is 127. The van der Waals surface area contributed by atoms with Crippen LogP contribution in [0, 0.1) is 0 Å². The fourth-order valence-electron chi connectivity index (χ4n) is 2.39. The Kier molecular flexibility index (Phi) is 5.98. The lowest BCUT2D eigenvalue weighted by Gasteiger charge is -2.16. The summed E-state index contributed by atoms with van der Waals surface area (Å²) in [5.41, 5.74) is 2.39. The van der Waals surface area contributed by atoms with Crippen LogP contribution in [0.5, 0.6) is 0 Å². The number of aromatic nitrogens is 1. The van der Waals surface area contributed by atoms with Crippen molar-refractivity contribution in [2.75, 3.05) is 20.2 Å². The number of pyridine rings is 1. The minimum atomic E-state index is -0.303. The molecule has 0 amide bonds. The van der Waals surface area contributed by atoms with E-state index in [1.807, 2.05) is 12.1 Å². The number of nitrogens with one attached hydrogen (secondary N) is 2. The zero-order valence-corrected chi connectivity index (χ0v) is 14.9. The molecule has 7 heteroatoms. The maximum absolute atomic E-state index is 11.8. The van der Waals surface area contributed by atoms with Gasteiger partial charge in [0.05, 0.1) is 30.6 Å². The van der Waals surface area contributed by atoms with E-state index < -0.39 is 0 Å². The van der Waals surface area contributed by atoms with Crippen molar-refractivity contribution in [3.05, 3.63) is 29.1 Å². The summed E-state index contributed by atoms with van der Waals surface area (Å²) in [4.78, 5) is 20.8. The minimum Gasteiger partial charge on any atom is -0.465 e. The lowest BCUT2D eigenvalue weighted by molar-refractivity contribution is 0.0598. The van der Waals surface area contributed by atoms with Gasteiger partial charge in [0.25, 0.3) is 0 Å². The maximum Gasteiger partial charge on any atom is 0.339 e.